The zero-order valence-electron chi connectivity index (χ0n) is 17.3. The van der Waals surface area contributed by atoms with Gasteiger partial charge < -0.3 is 9.15 Å². The summed E-state index contributed by atoms with van der Waals surface area (Å²) in [6.07, 6.45) is 1.83. The first-order chi connectivity index (χ1) is 14.3. The number of Topliss-reactive ketones (excluding diaryl/α,β-unsaturated/α-hetero) is 1. The van der Waals surface area contributed by atoms with Crippen LogP contribution in [0.2, 0.25) is 0 Å². The Morgan fingerprint density at radius 3 is 2.30 bits per heavy atom. The number of carbonyl (C=O) groups is 1. The van der Waals surface area contributed by atoms with E-state index in [2.05, 4.69) is 0 Å². The van der Waals surface area contributed by atoms with Gasteiger partial charge in [0.2, 0.25) is 25.5 Å². The molecule has 1 aromatic heterocycles. The molecule has 2 aromatic rings. The van der Waals surface area contributed by atoms with Crippen LogP contribution in [-0.4, -0.2) is 62.8 Å². The van der Waals surface area contributed by atoms with Crippen LogP contribution < -0.4 is 25.1 Å². The van der Waals surface area contributed by atoms with E-state index in [1.165, 1.54) is 26.1 Å². The molecule has 4 fully saturated rings. The number of nitrogens with zero attached hydrogens (tertiary/aromatic N) is 1. The molecule has 30 heavy (non-hydrogen) atoms. The highest BCUT2D eigenvalue weighted by Crippen LogP contribution is 2.41. The van der Waals surface area contributed by atoms with Gasteiger partial charge in [0.25, 0.3) is 0 Å². The molecule has 8 heteroatoms. The van der Waals surface area contributed by atoms with E-state index in [1.807, 2.05) is 18.3 Å². The Kier molecular flexibility index (Phi) is 3.65. The number of aliphatic imine (C=N–C) groups is 1. The molecule has 4 saturated heterocycles. The normalized spacial score (nSPS) is 36.3. The zero-order valence-corrected chi connectivity index (χ0v) is 17.3. The van der Waals surface area contributed by atoms with Crippen molar-refractivity contribution in [3.63, 3.8) is 0 Å². The molecule has 0 spiro atoms. The standard InChI is InChI=1S/C22H24N4O4/c1-21(2)20(28)15(7-23-22-8-24-11-25(9-22)13-26(10-22)12-24)18-16(30-21)5-3-14-4-6-17(27)29-19(14)18/h3-7,15H,8-13H2,1-2H3/p+3/t15-/m1/s1. The summed E-state index contributed by atoms with van der Waals surface area (Å²) in [4.78, 5) is 35.2. The molecule has 156 valence electrons. The van der Waals surface area contributed by atoms with Gasteiger partial charge in [0.1, 0.15) is 31.0 Å². The van der Waals surface area contributed by atoms with Gasteiger partial charge in [-0.15, -0.1) is 0 Å². The van der Waals surface area contributed by atoms with Gasteiger partial charge in [-0.2, -0.15) is 0 Å². The first-order valence-corrected chi connectivity index (χ1v) is 10.7. The van der Waals surface area contributed by atoms with Gasteiger partial charge in [-0.3, -0.25) is 9.79 Å². The molecule has 4 bridgehead atoms. The second-order valence-electron chi connectivity index (χ2n) is 9.92. The van der Waals surface area contributed by atoms with E-state index in [4.69, 9.17) is 14.1 Å². The minimum absolute atomic E-state index is 0.0598. The first-order valence-electron chi connectivity index (χ1n) is 10.7. The minimum atomic E-state index is -0.966. The van der Waals surface area contributed by atoms with Gasteiger partial charge >= 0.3 is 5.63 Å². The third-order valence-electron chi connectivity index (χ3n) is 7.07. The molecule has 5 aliphatic rings. The summed E-state index contributed by atoms with van der Waals surface area (Å²) in [5.74, 6) is -0.0667. The molecular weight excluding hydrogens is 384 g/mol. The molecule has 1 aromatic carbocycles. The molecule has 0 aliphatic carbocycles. The zero-order chi connectivity index (χ0) is 20.7. The molecule has 8 nitrogen and oxygen atoms in total. The number of hydrogen-bond donors (Lipinski definition) is 3. The van der Waals surface area contributed by atoms with Crippen molar-refractivity contribution in [1.29, 1.82) is 0 Å². The number of ether oxygens (including phenoxy) is 1. The van der Waals surface area contributed by atoms with Crippen LogP contribution in [0.15, 0.2) is 38.5 Å². The Morgan fingerprint density at radius 2 is 1.63 bits per heavy atom. The van der Waals surface area contributed by atoms with Crippen molar-refractivity contribution in [1.82, 2.24) is 0 Å². The van der Waals surface area contributed by atoms with Crippen molar-refractivity contribution in [3.05, 3.63) is 40.2 Å². The summed E-state index contributed by atoms with van der Waals surface area (Å²) in [7, 11) is 0. The Balaban J connectivity index is 1.47. The fraction of sp³-hybridized carbons (Fsp3) is 0.500. The Morgan fingerprint density at radius 1 is 1.00 bits per heavy atom. The number of hydrogen-bond acceptors (Lipinski definition) is 5. The maximum Gasteiger partial charge on any atom is 0.336 e. The smallest absolute Gasteiger partial charge is 0.336 e. The van der Waals surface area contributed by atoms with Crippen molar-refractivity contribution in [3.8, 4) is 5.75 Å². The molecule has 0 unspecified atom stereocenters. The highest BCUT2D eigenvalue weighted by atomic mass is 16.5. The highest BCUT2D eigenvalue weighted by molar-refractivity contribution is 6.09. The first kappa shape index (κ1) is 18.2. The lowest BCUT2D eigenvalue weighted by molar-refractivity contribution is -1.29. The predicted octanol–water partition coefficient (Wildman–Crippen LogP) is -3.01. The van der Waals surface area contributed by atoms with Gasteiger partial charge in [-0.25, -0.2) is 19.5 Å². The number of nitrogens with one attached hydrogen (secondary N) is 3. The van der Waals surface area contributed by atoms with E-state index in [-0.39, 0.29) is 11.3 Å². The van der Waals surface area contributed by atoms with Crippen molar-refractivity contribution in [2.24, 2.45) is 4.99 Å². The third-order valence-corrected chi connectivity index (χ3v) is 7.07. The van der Waals surface area contributed by atoms with Crippen LogP contribution in [0.3, 0.4) is 0 Å². The van der Waals surface area contributed by atoms with Crippen molar-refractivity contribution in [2.75, 3.05) is 39.6 Å². The van der Waals surface area contributed by atoms with E-state index in [0.717, 1.165) is 25.0 Å². The molecule has 3 N–H and O–H groups in total. The van der Waals surface area contributed by atoms with Crippen LogP contribution >= 0.6 is 0 Å². The fourth-order valence-electron chi connectivity index (χ4n) is 6.07. The monoisotopic (exact) mass is 411 g/mol. The third kappa shape index (κ3) is 2.67. The Bertz CT molecular complexity index is 1120. The predicted molar refractivity (Wildman–Crippen MR) is 108 cm³/mol. The summed E-state index contributed by atoms with van der Waals surface area (Å²) >= 11 is 0. The average Bonchev–Trinajstić information content (AvgIpc) is 2.67. The van der Waals surface area contributed by atoms with E-state index >= 15 is 0 Å². The Labute approximate surface area is 173 Å². The summed E-state index contributed by atoms with van der Waals surface area (Å²) in [5, 5.41) is 0.777. The van der Waals surface area contributed by atoms with Gasteiger partial charge in [-0.05, 0) is 32.0 Å². The average molecular weight is 411 g/mol. The van der Waals surface area contributed by atoms with Crippen molar-refractivity contribution >= 4 is 23.0 Å². The van der Waals surface area contributed by atoms with Crippen molar-refractivity contribution < 1.29 is 28.6 Å². The molecule has 5 aliphatic heterocycles. The topological polar surface area (TPSA) is 82.2 Å². The molecule has 6 heterocycles. The highest BCUT2D eigenvalue weighted by Gasteiger charge is 2.57. The van der Waals surface area contributed by atoms with Crippen molar-refractivity contribution in [2.45, 2.75) is 30.9 Å². The molecule has 1 atom stereocenters. The van der Waals surface area contributed by atoms with Crippen LogP contribution in [0.5, 0.6) is 5.75 Å². The molecule has 0 radical (unpaired) electrons. The quantitative estimate of drug-likeness (QED) is 0.363. The lowest BCUT2D eigenvalue weighted by atomic mass is 9.82. The van der Waals surface area contributed by atoms with Gasteiger partial charge in [0.05, 0.1) is 11.5 Å². The Hall–Kier alpha value is -2.55. The molecule has 0 amide bonds. The summed E-state index contributed by atoms with van der Waals surface area (Å²) < 4.78 is 11.6. The summed E-state index contributed by atoms with van der Waals surface area (Å²) in [5.41, 5.74) is -0.482. The van der Waals surface area contributed by atoms with Gasteiger partial charge in [0.15, 0.2) is 11.4 Å². The van der Waals surface area contributed by atoms with Crippen LogP contribution in [0, 0.1) is 0 Å². The largest absolute Gasteiger partial charge is 0.480 e. The number of quaternary nitrogens is 3. The lowest BCUT2D eigenvalue weighted by Crippen LogP contribution is -3.56. The molecule has 7 rings (SSSR count). The van der Waals surface area contributed by atoms with Gasteiger partial charge in [0, 0.05) is 17.7 Å². The maximum atomic E-state index is 13.4. The van der Waals surface area contributed by atoms with E-state index in [9.17, 15) is 9.59 Å². The number of benzene rings is 1. The summed E-state index contributed by atoms with van der Waals surface area (Å²) in [6.45, 7) is 10.2. The fourth-order valence-corrected chi connectivity index (χ4v) is 6.07. The lowest BCUT2D eigenvalue weighted by Gasteiger charge is -2.50. The van der Waals surface area contributed by atoms with Crippen LogP contribution in [0.1, 0.15) is 25.3 Å². The van der Waals surface area contributed by atoms with E-state index in [1.54, 1.807) is 34.6 Å². The van der Waals surface area contributed by atoms with Crippen LogP contribution in [-0.2, 0) is 4.79 Å². The summed E-state index contributed by atoms with van der Waals surface area (Å²) in [6, 6.07) is 6.84. The molecular formula is C22H27N4O4+3. The minimum Gasteiger partial charge on any atom is -0.480 e. The van der Waals surface area contributed by atoms with Crippen LogP contribution in [0.4, 0.5) is 0 Å². The number of fused-ring (bicyclic) bond motifs is 3. The number of rotatable bonds is 2. The van der Waals surface area contributed by atoms with E-state index < -0.39 is 17.1 Å². The van der Waals surface area contributed by atoms with E-state index in [0.29, 0.717) is 16.9 Å². The maximum absolute atomic E-state index is 13.4. The SMILES string of the molecule is CC1(C)Oc2ccc3ccc(=O)oc3c2[C@@H](C=NC23C[NH+]4C[NH+](C[NH+](C4)C2)C3)C1=O. The van der Waals surface area contributed by atoms with Crippen LogP contribution in [0.25, 0.3) is 11.0 Å². The van der Waals surface area contributed by atoms with Gasteiger partial charge in [-0.1, -0.05) is 0 Å². The number of ketones is 1. The molecule has 0 saturated carbocycles. The second kappa shape index (κ2) is 6.00. The second-order valence-corrected chi connectivity index (χ2v) is 9.92. The number of carbonyl (C=O) groups excluding carboxylic acids is 1.